The van der Waals surface area contributed by atoms with Gasteiger partial charge in [-0.1, -0.05) is 49.1 Å². The summed E-state index contributed by atoms with van der Waals surface area (Å²) >= 11 is 0. The van der Waals surface area contributed by atoms with Gasteiger partial charge in [-0.15, -0.1) is 0 Å². The van der Waals surface area contributed by atoms with Crippen molar-refractivity contribution in [2.45, 2.75) is 45.4 Å². The number of nitrogens with one attached hydrogen (secondary N) is 1. The Morgan fingerprint density at radius 2 is 1.87 bits per heavy atom. The Labute approximate surface area is 183 Å². The summed E-state index contributed by atoms with van der Waals surface area (Å²) in [5.41, 5.74) is 2.27. The number of carbonyl (C=O) groups excluding carboxylic acids is 2. The molecular formula is C25H30N2O4. The van der Waals surface area contributed by atoms with Gasteiger partial charge in [0.25, 0.3) is 0 Å². The zero-order valence-electron chi connectivity index (χ0n) is 18.4. The number of hydrogen-bond acceptors (Lipinski definition) is 4. The third kappa shape index (κ3) is 6.60. The Morgan fingerprint density at radius 1 is 1.16 bits per heavy atom. The number of nitrogens with zero attached hydrogens (tertiary/aromatic N) is 1. The van der Waals surface area contributed by atoms with Gasteiger partial charge in [0.1, 0.15) is 18.0 Å². The Bertz CT molecular complexity index is 928. The highest BCUT2D eigenvalue weighted by molar-refractivity contribution is 5.81. The first-order valence-corrected chi connectivity index (χ1v) is 10.4. The molecule has 1 aliphatic rings. The van der Waals surface area contributed by atoms with Crippen LogP contribution in [0.2, 0.25) is 0 Å². The highest BCUT2D eigenvalue weighted by Gasteiger charge is 2.33. The number of likely N-dealkylation sites (tertiary alicyclic amines) is 1. The molecule has 164 valence electrons. The Hall–Kier alpha value is -3.28. The fourth-order valence-electron chi connectivity index (χ4n) is 3.26. The number of benzene rings is 2. The highest BCUT2D eigenvalue weighted by atomic mass is 16.6. The van der Waals surface area contributed by atoms with Crippen molar-refractivity contribution in [1.29, 1.82) is 0 Å². The second kappa shape index (κ2) is 9.69. The number of alkyl carbamates (subject to hydrolysis) is 1. The van der Waals surface area contributed by atoms with E-state index in [-0.39, 0.29) is 18.4 Å². The molecule has 0 aliphatic carbocycles. The predicted octanol–water partition coefficient (Wildman–Crippen LogP) is 4.19. The van der Waals surface area contributed by atoms with Crippen LogP contribution in [0.4, 0.5) is 4.79 Å². The van der Waals surface area contributed by atoms with Gasteiger partial charge in [-0.2, -0.15) is 0 Å². The molecule has 31 heavy (non-hydrogen) atoms. The van der Waals surface area contributed by atoms with Crippen molar-refractivity contribution in [3.05, 3.63) is 71.8 Å². The molecule has 0 bridgehead atoms. The maximum absolute atomic E-state index is 12.8. The molecule has 1 fully saturated rings. The molecule has 6 nitrogen and oxygen atoms in total. The average molecular weight is 423 g/mol. The summed E-state index contributed by atoms with van der Waals surface area (Å²) in [5, 5.41) is 2.80. The first-order valence-electron chi connectivity index (χ1n) is 10.4. The molecule has 1 N–H and O–H groups in total. The predicted molar refractivity (Wildman–Crippen MR) is 121 cm³/mol. The van der Waals surface area contributed by atoms with Gasteiger partial charge in [0.15, 0.2) is 0 Å². The fourth-order valence-corrected chi connectivity index (χ4v) is 3.26. The molecule has 0 radical (unpaired) electrons. The fraction of sp³-hybridized carbons (Fsp3) is 0.360. The molecular weight excluding hydrogens is 392 g/mol. The Balaban J connectivity index is 1.57. The van der Waals surface area contributed by atoms with Crippen molar-refractivity contribution in [2.24, 2.45) is 0 Å². The summed E-state index contributed by atoms with van der Waals surface area (Å²) in [4.78, 5) is 26.4. The van der Waals surface area contributed by atoms with Gasteiger partial charge in [0.2, 0.25) is 5.91 Å². The zero-order chi connectivity index (χ0) is 22.4. The van der Waals surface area contributed by atoms with Crippen LogP contribution in [0.1, 0.15) is 37.5 Å². The van der Waals surface area contributed by atoms with Crippen molar-refractivity contribution in [3.63, 3.8) is 0 Å². The summed E-state index contributed by atoms with van der Waals surface area (Å²) in [6.07, 6.45) is 1.52. The lowest BCUT2D eigenvalue weighted by molar-refractivity contribution is -0.135. The zero-order valence-corrected chi connectivity index (χ0v) is 18.4. The van der Waals surface area contributed by atoms with Crippen LogP contribution in [0.3, 0.4) is 0 Å². The minimum atomic E-state index is -0.546. The van der Waals surface area contributed by atoms with E-state index < -0.39 is 11.7 Å². The lowest BCUT2D eigenvalue weighted by atomic mass is 10.0. The van der Waals surface area contributed by atoms with Crippen LogP contribution < -0.4 is 10.1 Å². The maximum Gasteiger partial charge on any atom is 0.407 e. The molecule has 2 aromatic rings. The third-order valence-electron chi connectivity index (χ3n) is 4.85. The van der Waals surface area contributed by atoms with Crippen molar-refractivity contribution >= 4 is 18.1 Å². The van der Waals surface area contributed by atoms with Gasteiger partial charge in [0.05, 0.1) is 12.5 Å². The van der Waals surface area contributed by atoms with Crippen LogP contribution in [0.5, 0.6) is 5.75 Å². The molecule has 1 saturated heterocycles. The lowest BCUT2D eigenvalue weighted by Gasteiger charge is -2.39. The maximum atomic E-state index is 12.8. The largest absolute Gasteiger partial charge is 0.489 e. The standard InChI is InChI=1S/C25H30N2O4/c1-5-18-11-12-22(30-17-19-9-7-6-8-10-19)20(13-18)14-23(28)27-15-21(16-27)26-24(29)31-25(2,3)4/h5-13,21H,1,14-17H2,2-4H3,(H,26,29). The molecule has 0 atom stereocenters. The van der Waals surface area contributed by atoms with E-state index in [1.54, 1.807) is 11.0 Å². The number of carbonyl (C=O) groups is 2. The van der Waals surface area contributed by atoms with Gasteiger partial charge in [-0.25, -0.2) is 4.79 Å². The third-order valence-corrected chi connectivity index (χ3v) is 4.85. The number of ether oxygens (including phenoxy) is 2. The van der Waals surface area contributed by atoms with E-state index in [1.165, 1.54) is 0 Å². The van der Waals surface area contributed by atoms with E-state index >= 15 is 0 Å². The van der Waals surface area contributed by atoms with Crippen molar-refractivity contribution < 1.29 is 19.1 Å². The van der Waals surface area contributed by atoms with Gasteiger partial charge >= 0.3 is 6.09 Å². The Morgan fingerprint density at radius 3 is 2.52 bits per heavy atom. The average Bonchev–Trinajstić information content (AvgIpc) is 2.68. The number of amides is 2. The molecule has 6 heteroatoms. The summed E-state index contributed by atoms with van der Waals surface area (Å²) < 4.78 is 11.3. The van der Waals surface area contributed by atoms with E-state index in [2.05, 4.69) is 11.9 Å². The van der Waals surface area contributed by atoms with E-state index in [9.17, 15) is 9.59 Å². The Kier molecular flexibility index (Phi) is 7.00. The molecule has 0 aromatic heterocycles. The molecule has 3 rings (SSSR count). The van der Waals surface area contributed by atoms with Crippen LogP contribution in [0.15, 0.2) is 55.1 Å². The molecule has 1 heterocycles. The van der Waals surface area contributed by atoms with Crippen LogP contribution in [0.25, 0.3) is 6.08 Å². The van der Waals surface area contributed by atoms with Crippen molar-refractivity contribution in [3.8, 4) is 5.75 Å². The van der Waals surface area contributed by atoms with Crippen molar-refractivity contribution in [1.82, 2.24) is 10.2 Å². The highest BCUT2D eigenvalue weighted by Crippen LogP contribution is 2.24. The SMILES string of the molecule is C=Cc1ccc(OCc2ccccc2)c(CC(=O)N2CC(NC(=O)OC(C)(C)C)C2)c1. The molecule has 2 amide bonds. The minimum Gasteiger partial charge on any atom is -0.489 e. The van der Waals surface area contributed by atoms with Crippen LogP contribution in [0, 0.1) is 0 Å². The van der Waals surface area contributed by atoms with Gasteiger partial charge in [0, 0.05) is 18.7 Å². The second-order valence-corrected chi connectivity index (χ2v) is 8.66. The first-order chi connectivity index (χ1) is 14.7. The van der Waals surface area contributed by atoms with E-state index in [0.29, 0.717) is 25.4 Å². The van der Waals surface area contributed by atoms with Crippen LogP contribution >= 0.6 is 0 Å². The quantitative estimate of drug-likeness (QED) is 0.727. The monoisotopic (exact) mass is 422 g/mol. The first kappa shape index (κ1) is 22.4. The van der Waals surface area contributed by atoms with Gasteiger partial charge in [-0.3, -0.25) is 4.79 Å². The number of rotatable bonds is 7. The topological polar surface area (TPSA) is 67.9 Å². The smallest absolute Gasteiger partial charge is 0.407 e. The van der Waals surface area contributed by atoms with E-state index in [1.807, 2.05) is 69.3 Å². The van der Waals surface area contributed by atoms with Crippen molar-refractivity contribution in [2.75, 3.05) is 13.1 Å². The van der Waals surface area contributed by atoms with E-state index in [4.69, 9.17) is 9.47 Å². The normalized spacial score (nSPS) is 13.8. The molecule has 0 unspecified atom stereocenters. The summed E-state index contributed by atoms with van der Waals surface area (Å²) in [5.74, 6) is 0.680. The summed E-state index contributed by atoms with van der Waals surface area (Å²) in [6.45, 7) is 10.6. The van der Waals surface area contributed by atoms with E-state index in [0.717, 1.165) is 16.7 Å². The summed E-state index contributed by atoms with van der Waals surface area (Å²) in [7, 11) is 0. The van der Waals surface area contributed by atoms with Crippen LogP contribution in [-0.2, 0) is 22.6 Å². The molecule has 1 aliphatic heterocycles. The number of hydrogen-bond donors (Lipinski definition) is 1. The summed E-state index contributed by atoms with van der Waals surface area (Å²) in [6, 6.07) is 15.5. The molecule has 2 aromatic carbocycles. The minimum absolute atomic E-state index is 0.00647. The second-order valence-electron chi connectivity index (χ2n) is 8.66. The lowest BCUT2D eigenvalue weighted by Crippen LogP contribution is -2.61. The van der Waals surface area contributed by atoms with Crippen LogP contribution in [-0.4, -0.2) is 41.6 Å². The van der Waals surface area contributed by atoms with Gasteiger partial charge < -0.3 is 19.7 Å². The van der Waals surface area contributed by atoms with Gasteiger partial charge in [-0.05, 0) is 44.0 Å². The molecule has 0 saturated carbocycles. The molecule has 0 spiro atoms.